The highest BCUT2D eigenvalue weighted by Gasteiger charge is 2.56. The molecule has 1 aliphatic heterocycles. The lowest BCUT2D eigenvalue weighted by Gasteiger charge is -2.43. The second-order valence-electron chi connectivity index (χ2n) is 8.95. The summed E-state index contributed by atoms with van der Waals surface area (Å²) in [6.45, 7) is 5.99. The maximum Gasteiger partial charge on any atom is 0.325 e. The predicted octanol–water partition coefficient (Wildman–Crippen LogP) is 4.60. The van der Waals surface area contributed by atoms with E-state index >= 15 is 0 Å². The minimum atomic E-state index is -0.911. The van der Waals surface area contributed by atoms with E-state index in [4.69, 9.17) is 11.6 Å². The Hall–Kier alpha value is -1.97. The Balaban J connectivity index is 1.43. The highest BCUT2D eigenvalue weighted by atomic mass is 35.5. The van der Waals surface area contributed by atoms with E-state index in [2.05, 4.69) is 36.4 Å². The van der Waals surface area contributed by atoms with Crippen molar-refractivity contribution < 1.29 is 14.4 Å². The summed E-state index contributed by atoms with van der Waals surface area (Å²) >= 11 is 8.64. The fraction of sp³-hybridized carbons (Fsp3) is 0.500. The minimum absolute atomic E-state index is 0.0547. The molecule has 2 aromatic heterocycles. The molecule has 0 radical (unpaired) electrons. The van der Waals surface area contributed by atoms with Gasteiger partial charge in [0.05, 0.1) is 14.9 Å². The number of halogens is 1. The van der Waals surface area contributed by atoms with E-state index in [1.807, 2.05) is 11.4 Å². The number of carbonyl (C=O) groups excluding carboxylic acids is 3. The molecular weight excluding hydrogens is 444 g/mol. The van der Waals surface area contributed by atoms with Crippen molar-refractivity contribution in [1.82, 2.24) is 15.2 Å². The Morgan fingerprint density at radius 3 is 2.80 bits per heavy atom. The van der Waals surface area contributed by atoms with Gasteiger partial charge in [0.25, 0.3) is 5.91 Å². The molecular formula is C20H23ClN4O3S2. The molecule has 2 N–H and O–H groups in total. The van der Waals surface area contributed by atoms with Gasteiger partial charge in [-0.25, -0.2) is 9.78 Å². The quantitative estimate of drug-likeness (QED) is 0.644. The second-order valence-corrected chi connectivity index (χ2v) is 11.5. The molecule has 2 unspecified atom stereocenters. The van der Waals surface area contributed by atoms with E-state index in [1.165, 1.54) is 22.7 Å². The lowest BCUT2D eigenvalue weighted by molar-refractivity contribution is -0.136. The van der Waals surface area contributed by atoms with Crippen LogP contribution in [0.15, 0.2) is 17.5 Å². The first kappa shape index (κ1) is 21.3. The van der Waals surface area contributed by atoms with Gasteiger partial charge in [-0.2, -0.15) is 0 Å². The molecule has 30 heavy (non-hydrogen) atoms. The Bertz CT molecular complexity index is 1020. The molecule has 1 aliphatic carbocycles. The van der Waals surface area contributed by atoms with Gasteiger partial charge in [0.2, 0.25) is 5.91 Å². The summed E-state index contributed by atoms with van der Waals surface area (Å²) in [5.74, 6) is -0.453. The number of hydrogen-bond acceptors (Lipinski definition) is 6. The molecule has 2 aromatic rings. The van der Waals surface area contributed by atoms with E-state index in [9.17, 15) is 14.4 Å². The summed E-state index contributed by atoms with van der Waals surface area (Å²) < 4.78 is 0.663. The van der Waals surface area contributed by atoms with Gasteiger partial charge in [-0.05, 0) is 42.7 Å². The van der Waals surface area contributed by atoms with E-state index in [0.717, 1.165) is 21.9 Å². The normalized spacial score (nSPS) is 25.6. The summed E-state index contributed by atoms with van der Waals surface area (Å²) in [6, 6.07) is 3.15. The van der Waals surface area contributed by atoms with Crippen molar-refractivity contribution >= 4 is 57.3 Å². The van der Waals surface area contributed by atoms with Crippen LogP contribution in [0.5, 0.6) is 0 Å². The average Bonchev–Trinajstić information content (AvgIpc) is 3.29. The van der Waals surface area contributed by atoms with Gasteiger partial charge >= 0.3 is 6.03 Å². The molecule has 160 valence electrons. The first-order chi connectivity index (χ1) is 14.1. The van der Waals surface area contributed by atoms with Crippen molar-refractivity contribution in [2.75, 3.05) is 11.9 Å². The molecule has 7 nitrogen and oxygen atoms in total. The van der Waals surface area contributed by atoms with Crippen molar-refractivity contribution in [3.63, 3.8) is 0 Å². The molecule has 2 aliphatic rings. The number of carbonyl (C=O) groups is 3. The number of nitrogens with one attached hydrogen (secondary N) is 2. The molecule has 4 rings (SSSR count). The van der Waals surface area contributed by atoms with Gasteiger partial charge in [-0.15, -0.1) is 22.7 Å². The number of thiophene rings is 1. The highest BCUT2D eigenvalue weighted by Crippen LogP contribution is 2.46. The maximum absolute atomic E-state index is 13.1. The van der Waals surface area contributed by atoms with Crippen molar-refractivity contribution in [2.24, 2.45) is 11.3 Å². The van der Waals surface area contributed by atoms with Crippen molar-refractivity contribution in [1.29, 1.82) is 0 Å². The summed E-state index contributed by atoms with van der Waals surface area (Å²) in [7, 11) is 0. The first-order valence-corrected chi connectivity index (χ1v) is 11.8. The van der Waals surface area contributed by atoms with Crippen LogP contribution >= 0.6 is 34.3 Å². The number of thiazole rings is 1. The van der Waals surface area contributed by atoms with E-state index in [1.54, 1.807) is 6.07 Å². The summed E-state index contributed by atoms with van der Waals surface area (Å²) in [5, 5.41) is 7.81. The monoisotopic (exact) mass is 466 g/mol. The van der Waals surface area contributed by atoms with Crippen LogP contribution in [0.2, 0.25) is 4.34 Å². The van der Waals surface area contributed by atoms with Gasteiger partial charge < -0.3 is 10.6 Å². The predicted molar refractivity (Wildman–Crippen MR) is 119 cm³/mol. The zero-order valence-electron chi connectivity index (χ0n) is 17.0. The van der Waals surface area contributed by atoms with Gasteiger partial charge in [0.1, 0.15) is 12.1 Å². The number of amides is 4. The van der Waals surface area contributed by atoms with Crippen molar-refractivity contribution in [3.05, 3.63) is 21.8 Å². The molecule has 10 heteroatoms. The van der Waals surface area contributed by atoms with Crippen molar-refractivity contribution in [2.45, 2.75) is 45.6 Å². The van der Waals surface area contributed by atoms with Crippen LogP contribution in [-0.4, -0.2) is 39.8 Å². The molecule has 1 spiro atoms. The third-order valence-electron chi connectivity index (χ3n) is 5.50. The molecule has 2 fully saturated rings. The zero-order valence-corrected chi connectivity index (χ0v) is 19.3. The molecule has 1 saturated carbocycles. The number of aromatic nitrogens is 1. The zero-order chi connectivity index (χ0) is 21.7. The fourth-order valence-corrected chi connectivity index (χ4v) is 6.65. The van der Waals surface area contributed by atoms with Crippen LogP contribution < -0.4 is 10.6 Å². The number of hydrogen-bond donors (Lipinski definition) is 2. The molecule has 4 amide bonds. The summed E-state index contributed by atoms with van der Waals surface area (Å²) in [6.07, 6.45) is 2.17. The first-order valence-electron chi connectivity index (χ1n) is 9.72. The SMILES string of the molecule is CC1CC(C)(C)CC2(C1)NC(=O)N(CC(=O)Nc1nc(-c3ccc(Cl)s3)cs1)C2=O. The van der Waals surface area contributed by atoms with Crippen LogP contribution in [0.1, 0.15) is 40.0 Å². The number of imide groups is 1. The Morgan fingerprint density at radius 1 is 1.37 bits per heavy atom. The lowest BCUT2D eigenvalue weighted by Crippen LogP contribution is -2.54. The Labute approximate surface area is 187 Å². The van der Waals surface area contributed by atoms with Gasteiger partial charge in [-0.3, -0.25) is 14.5 Å². The van der Waals surface area contributed by atoms with E-state index in [-0.39, 0.29) is 17.9 Å². The third-order valence-corrected chi connectivity index (χ3v) is 7.51. The minimum Gasteiger partial charge on any atom is -0.323 e. The van der Waals surface area contributed by atoms with Gasteiger partial charge in [0, 0.05) is 5.38 Å². The van der Waals surface area contributed by atoms with Crippen molar-refractivity contribution in [3.8, 4) is 10.6 Å². The topological polar surface area (TPSA) is 91.4 Å². The summed E-state index contributed by atoms with van der Waals surface area (Å²) in [4.78, 5) is 44.5. The fourth-order valence-electron chi connectivity index (χ4n) is 4.85. The van der Waals surface area contributed by atoms with Crippen LogP contribution in [0.4, 0.5) is 9.93 Å². The van der Waals surface area contributed by atoms with Crippen LogP contribution in [0, 0.1) is 11.3 Å². The number of nitrogens with zero attached hydrogens (tertiary/aromatic N) is 2. The molecule has 0 bridgehead atoms. The van der Waals surface area contributed by atoms with E-state index < -0.39 is 17.5 Å². The Kier molecular flexibility index (Phi) is 5.40. The number of urea groups is 1. The summed E-state index contributed by atoms with van der Waals surface area (Å²) in [5.41, 5.74) is -0.244. The smallest absolute Gasteiger partial charge is 0.323 e. The second kappa shape index (κ2) is 7.62. The lowest BCUT2D eigenvalue weighted by atomic mass is 9.64. The van der Waals surface area contributed by atoms with Crippen LogP contribution in [-0.2, 0) is 9.59 Å². The molecule has 1 saturated heterocycles. The van der Waals surface area contributed by atoms with Crippen LogP contribution in [0.3, 0.4) is 0 Å². The highest BCUT2D eigenvalue weighted by molar-refractivity contribution is 7.20. The largest absolute Gasteiger partial charge is 0.325 e. The van der Waals surface area contributed by atoms with Gasteiger partial charge in [-0.1, -0.05) is 32.4 Å². The maximum atomic E-state index is 13.1. The van der Waals surface area contributed by atoms with E-state index in [0.29, 0.717) is 28.2 Å². The molecule has 0 aromatic carbocycles. The molecule has 2 atom stereocenters. The van der Waals surface area contributed by atoms with Crippen LogP contribution in [0.25, 0.3) is 10.6 Å². The Morgan fingerprint density at radius 2 is 2.13 bits per heavy atom. The average molecular weight is 467 g/mol. The third kappa shape index (κ3) is 4.10. The number of rotatable bonds is 4. The van der Waals surface area contributed by atoms with Gasteiger partial charge in [0.15, 0.2) is 5.13 Å². The standard InChI is InChI=1S/C20H23ClN4O3S2/c1-11-6-19(2,3)10-20(7-11)16(27)25(18(28)24-20)8-15(26)23-17-22-12(9-29-17)13-4-5-14(21)30-13/h4-5,9,11H,6-8,10H2,1-3H3,(H,24,28)(H,22,23,26). The molecule has 3 heterocycles. The number of anilines is 1.